The highest BCUT2D eigenvalue weighted by Crippen LogP contribution is 2.35. The minimum atomic E-state index is -0.676. The van der Waals surface area contributed by atoms with Crippen LogP contribution in [0.25, 0.3) is 0 Å². The van der Waals surface area contributed by atoms with E-state index >= 15 is 0 Å². The van der Waals surface area contributed by atoms with Gasteiger partial charge in [-0.25, -0.2) is 0 Å². The predicted octanol–water partition coefficient (Wildman–Crippen LogP) is 2.53. The molecule has 1 N–H and O–H groups in total. The Morgan fingerprint density at radius 2 is 2.33 bits per heavy atom. The van der Waals surface area contributed by atoms with Crippen LogP contribution in [0.15, 0.2) is 17.8 Å². The second kappa shape index (κ2) is 3.96. The number of nitrogens with zero attached hydrogens (tertiary/aromatic N) is 2. The van der Waals surface area contributed by atoms with Gasteiger partial charge in [0.25, 0.3) is 0 Å². The van der Waals surface area contributed by atoms with Gasteiger partial charge in [-0.1, -0.05) is 11.6 Å². The third-order valence-electron chi connectivity index (χ3n) is 2.21. The maximum Gasteiger partial charge on any atom is 0.118 e. The normalized spacial score (nSPS) is 13.1. The maximum atomic E-state index is 10.1. The summed E-state index contributed by atoms with van der Waals surface area (Å²) in [4.78, 5) is 0.780. The molecule has 0 fully saturated rings. The van der Waals surface area contributed by atoms with E-state index in [1.165, 1.54) is 11.3 Å². The number of hydrogen-bond donors (Lipinski definition) is 1. The molecule has 0 aliphatic rings. The molecule has 3 nitrogen and oxygen atoms in total. The van der Waals surface area contributed by atoms with Gasteiger partial charge in [-0.05, 0) is 17.9 Å². The zero-order chi connectivity index (χ0) is 11.0. The first-order valence-electron chi connectivity index (χ1n) is 4.49. The van der Waals surface area contributed by atoms with Crippen molar-refractivity contribution in [3.63, 3.8) is 0 Å². The molecule has 1 atom stereocenters. The van der Waals surface area contributed by atoms with Gasteiger partial charge in [0.2, 0.25) is 0 Å². The number of aromatic nitrogens is 2. The smallest absolute Gasteiger partial charge is 0.118 e. The maximum absolute atomic E-state index is 10.1. The third-order valence-corrected chi connectivity index (χ3v) is 3.98. The van der Waals surface area contributed by atoms with Gasteiger partial charge in [0.15, 0.2) is 0 Å². The lowest BCUT2D eigenvalue weighted by atomic mass is 10.1. The molecule has 2 heterocycles. The van der Waals surface area contributed by atoms with Crippen molar-refractivity contribution in [2.45, 2.75) is 13.0 Å². The highest BCUT2D eigenvalue weighted by atomic mass is 35.5. The third kappa shape index (κ3) is 1.93. The fourth-order valence-corrected chi connectivity index (χ4v) is 2.67. The zero-order valence-electron chi connectivity index (χ0n) is 8.44. The first kappa shape index (κ1) is 10.7. The largest absolute Gasteiger partial charge is 0.383 e. The van der Waals surface area contributed by atoms with E-state index in [4.69, 9.17) is 11.6 Å². The molecule has 2 rings (SSSR count). The molecule has 0 saturated heterocycles. The summed E-state index contributed by atoms with van der Waals surface area (Å²) in [7, 11) is 1.82. The first-order chi connectivity index (χ1) is 7.09. The fourth-order valence-electron chi connectivity index (χ4n) is 1.37. The molecule has 80 valence electrons. The van der Waals surface area contributed by atoms with Crippen molar-refractivity contribution in [3.05, 3.63) is 38.8 Å². The molecular formula is C10H11ClN2OS. The van der Waals surface area contributed by atoms with Gasteiger partial charge in [-0.15, -0.1) is 11.3 Å². The van der Waals surface area contributed by atoms with E-state index in [1.54, 1.807) is 17.1 Å². The van der Waals surface area contributed by atoms with E-state index in [0.29, 0.717) is 5.02 Å². The SMILES string of the molecule is Cc1csc(C(O)c2cnn(C)c2)c1Cl. The van der Waals surface area contributed by atoms with E-state index < -0.39 is 6.10 Å². The van der Waals surface area contributed by atoms with E-state index in [-0.39, 0.29) is 0 Å². The summed E-state index contributed by atoms with van der Waals surface area (Å²) in [6.07, 6.45) is 2.76. The van der Waals surface area contributed by atoms with Crippen molar-refractivity contribution in [2.75, 3.05) is 0 Å². The summed E-state index contributed by atoms with van der Waals surface area (Å²) in [6.45, 7) is 1.93. The van der Waals surface area contributed by atoms with Gasteiger partial charge in [-0.3, -0.25) is 4.68 Å². The monoisotopic (exact) mass is 242 g/mol. The summed E-state index contributed by atoms with van der Waals surface area (Å²) in [5.74, 6) is 0. The molecular weight excluding hydrogens is 232 g/mol. The molecule has 2 aromatic rings. The van der Waals surface area contributed by atoms with Crippen LogP contribution in [-0.2, 0) is 7.05 Å². The predicted molar refractivity (Wildman–Crippen MR) is 61.3 cm³/mol. The van der Waals surface area contributed by atoms with Gasteiger partial charge >= 0.3 is 0 Å². The fraction of sp³-hybridized carbons (Fsp3) is 0.300. The molecule has 1 unspecified atom stereocenters. The molecule has 0 amide bonds. The first-order valence-corrected chi connectivity index (χ1v) is 5.75. The second-order valence-corrected chi connectivity index (χ2v) is 4.74. The van der Waals surface area contributed by atoms with Crippen molar-refractivity contribution < 1.29 is 5.11 Å². The van der Waals surface area contributed by atoms with Crippen LogP contribution in [0.4, 0.5) is 0 Å². The molecule has 15 heavy (non-hydrogen) atoms. The number of aliphatic hydroxyl groups excluding tert-OH is 1. The lowest BCUT2D eigenvalue weighted by Gasteiger charge is -2.06. The van der Waals surface area contributed by atoms with Crippen LogP contribution in [0.2, 0.25) is 5.02 Å². The van der Waals surface area contributed by atoms with Gasteiger partial charge in [0.05, 0.1) is 16.1 Å². The van der Waals surface area contributed by atoms with E-state index in [2.05, 4.69) is 5.10 Å². The van der Waals surface area contributed by atoms with Crippen LogP contribution in [0, 0.1) is 6.92 Å². The molecule has 5 heteroatoms. The highest BCUT2D eigenvalue weighted by Gasteiger charge is 2.18. The Labute approximate surface area is 96.9 Å². The van der Waals surface area contributed by atoms with Crippen molar-refractivity contribution in [3.8, 4) is 0 Å². The minimum absolute atomic E-state index is 0.649. The van der Waals surface area contributed by atoms with Gasteiger partial charge < -0.3 is 5.11 Å². The van der Waals surface area contributed by atoms with Crippen molar-refractivity contribution in [2.24, 2.45) is 7.05 Å². The Bertz CT molecular complexity index is 477. The van der Waals surface area contributed by atoms with E-state index in [9.17, 15) is 5.11 Å². The summed E-state index contributed by atoms with van der Waals surface area (Å²) < 4.78 is 1.66. The van der Waals surface area contributed by atoms with Gasteiger partial charge in [0, 0.05) is 18.8 Å². The lowest BCUT2D eigenvalue weighted by Crippen LogP contribution is -1.96. The Morgan fingerprint density at radius 1 is 1.60 bits per heavy atom. The van der Waals surface area contributed by atoms with Crippen LogP contribution in [0.5, 0.6) is 0 Å². The summed E-state index contributed by atoms with van der Waals surface area (Å²) in [5, 5.41) is 16.7. The van der Waals surface area contributed by atoms with Crippen LogP contribution in [-0.4, -0.2) is 14.9 Å². The van der Waals surface area contributed by atoms with E-state index in [1.807, 2.05) is 19.4 Å². The van der Waals surface area contributed by atoms with Crippen LogP contribution >= 0.6 is 22.9 Å². The minimum Gasteiger partial charge on any atom is -0.383 e. The Balaban J connectivity index is 2.36. The highest BCUT2D eigenvalue weighted by molar-refractivity contribution is 7.10. The Morgan fingerprint density at radius 3 is 2.80 bits per heavy atom. The average Bonchev–Trinajstić information content (AvgIpc) is 2.75. The second-order valence-electron chi connectivity index (χ2n) is 3.45. The molecule has 0 radical (unpaired) electrons. The number of hydrogen-bond acceptors (Lipinski definition) is 3. The number of aryl methyl sites for hydroxylation is 2. The molecule has 0 aromatic carbocycles. The topological polar surface area (TPSA) is 38.1 Å². The molecule has 0 bridgehead atoms. The molecule has 0 aliphatic carbocycles. The van der Waals surface area contributed by atoms with Crippen LogP contribution in [0.1, 0.15) is 22.1 Å². The summed E-state index contributed by atoms with van der Waals surface area (Å²) >= 11 is 7.55. The van der Waals surface area contributed by atoms with Crippen LogP contribution < -0.4 is 0 Å². The van der Waals surface area contributed by atoms with Crippen molar-refractivity contribution >= 4 is 22.9 Å². The molecule has 0 spiro atoms. The van der Waals surface area contributed by atoms with E-state index in [0.717, 1.165) is 16.0 Å². The van der Waals surface area contributed by atoms with Gasteiger partial charge in [-0.2, -0.15) is 5.10 Å². The zero-order valence-corrected chi connectivity index (χ0v) is 10.0. The standard InChI is InChI=1S/C10H11ClN2OS/c1-6-5-15-10(8(6)11)9(14)7-3-12-13(2)4-7/h3-5,9,14H,1-2H3. The lowest BCUT2D eigenvalue weighted by molar-refractivity contribution is 0.224. The average molecular weight is 243 g/mol. The number of rotatable bonds is 2. The number of thiophene rings is 1. The Kier molecular flexibility index (Phi) is 2.82. The summed E-state index contributed by atoms with van der Waals surface area (Å²) in [5.41, 5.74) is 1.76. The van der Waals surface area contributed by atoms with Crippen molar-refractivity contribution in [1.29, 1.82) is 0 Å². The van der Waals surface area contributed by atoms with Crippen LogP contribution in [0.3, 0.4) is 0 Å². The van der Waals surface area contributed by atoms with Crippen molar-refractivity contribution in [1.82, 2.24) is 9.78 Å². The number of halogens is 1. The molecule has 2 aromatic heterocycles. The molecule has 0 aliphatic heterocycles. The Hall–Kier alpha value is -0.840. The quantitative estimate of drug-likeness (QED) is 0.879. The summed E-state index contributed by atoms with van der Waals surface area (Å²) in [6, 6.07) is 0. The van der Waals surface area contributed by atoms with Gasteiger partial charge in [0.1, 0.15) is 6.10 Å². The number of aliphatic hydroxyl groups is 1. The molecule has 0 saturated carbocycles.